The Kier molecular flexibility index (Phi) is 5.89. The van der Waals surface area contributed by atoms with Crippen molar-refractivity contribution in [1.29, 1.82) is 0 Å². The predicted octanol–water partition coefficient (Wildman–Crippen LogP) is 1.45. The number of nitrogens with two attached hydrogens (primary N) is 1. The van der Waals surface area contributed by atoms with Gasteiger partial charge in [-0.2, -0.15) is 10.2 Å². The molecule has 0 saturated carbocycles. The van der Waals surface area contributed by atoms with Crippen LogP contribution in [0, 0.1) is 12.8 Å². The molecule has 0 spiro atoms. The van der Waals surface area contributed by atoms with Crippen molar-refractivity contribution in [2.45, 2.75) is 46.6 Å². The molecule has 3 N–H and O–H groups in total. The highest BCUT2D eigenvalue weighted by Crippen LogP contribution is 2.11. The normalized spacial score (nSPS) is 12.5. The molecule has 0 aliphatic heterocycles. The maximum absolute atomic E-state index is 12.3. The van der Waals surface area contributed by atoms with Gasteiger partial charge in [-0.3, -0.25) is 4.79 Å². The minimum atomic E-state index is -0.0815. The zero-order chi connectivity index (χ0) is 14.4. The average molecular weight is 264 g/mol. The number of hydrogen-bond donors (Lipinski definition) is 2. The summed E-state index contributed by atoms with van der Waals surface area (Å²) in [6.45, 7) is 8.53. The lowest BCUT2D eigenvalue weighted by Gasteiger charge is -2.22. The number of aromatic nitrogens is 2. The van der Waals surface area contributed by atoms with E-state index in [9.17, 15) is 4.79 Å². The van der Waals surface area contributed by atoms with Gasteiger partial charge < -0.3 is 11.1 Å². The van der Waals surface area contributed by atoms with Crippen molar-refractivity contribution in [2.24, 2.45) is 11.7 Å². The second-order valence-electron chi connectivity index (χ2n) is 5.10. The highest BCUT2D eigenvalue weighted by molar-refractivity contribution is 5.95. The first-order valence-corrected chi connectivity index (χ1v) is 6.83. The zero-order valence-electron chi connectivity index (χ0n) is 12.2. The van der Waals surface area contributed by atoms with Crippen LogP contribution in [0.1, 0.15) is 48.9 Å². The van der Waals surface area contributed by atoms with Crippen LogP contribution < -0.4 is 11.1 Å². The third-order valence-corrected chi connectivity index (χ3v) is 3.17. The zero-order valence-corrected chi connectivity index (χ0v) is 12.2. The van der Waals surface area contributed by atoms with Crippen molar-refractivity contribution in [1.82, 2.24) is 15.5 Å². The molecule has 0 radical (unpaired) electrons. The van der Waals surface area contributed by atoms with Gasteiger partial charge in [0, 0.05) is 6.04 Å². The van der Waals surface area contributed by atoms with Gasteiger partial charge in [0.2, 0.25) is 0 Å². The van der Waals surface area contributed by atoms with E-state index in [1.54, 1.807) is 6.07 Å². The molecule has 0 bridgehead atoms. The van der Waals surface area contributed by atoms with Gasteiger partial charge in [-0.05, 0) is 38.3 Å². The molecule has 0 aliphatic carbocycles. The van der Waals surface area contributed by atoms with Gasteiger partial charge in [-0.15, -0.1) is 0 Å². The molecule has 1 unspecified atom stereocenters. The van der Waals surface area contributed by atoms with Crippen LogP contribution in [0.15, 0.2) is 6.07 Å². The Morgan fingerprint density at radius 2 is 2.11 bits per heavy atom. The maximum Gasteiger partial charge on any atom is 0.253 e. The van der Waals surface area contributed by atoms with Gasteiger partial charge in [0.25, 0.3) is 5.91 Å². The lowest BCUT2D eigenvalue weighted by Crippen LogP contribution is -2.40. The number of carbonyl (C=O) groups excluding carboxylic acids is 1. The van der Waals surface area contributed by atoms with Crippen LogP contribution in [0.2, 0.25) is 0 Å². The molecule has 0 fully saturated rings. The first-order chi connectivity index (χ1) is 8.99. The van der Waals surface area contributed by atoms with E-state index in [2.05, 4.69) is 29.4 Å². The SMILES string of the molecule is CCc1nnc(C)cc1C(=O)NC(CCN)C(C)C. The third-order valence-electron chi connectivity index (χ3n) is 3.17. The highest BCUT2D eigenvalue weighted by Gasteiger charge is 2.19. The number of carbonyl (C=O) groups is 1. The van der Waals surface area contributed by atoms with Crippen LogP contribution in [0.3, 0.4) is 0 Å². The van der Waals surface area contributed by atoms with Gasteiger partial charge in [-0.25, -0.2) is 0 Å². The third kappa shape index (κ3) is 4.28. The van der Waals surface area contributed by atoms with E-state index < -0.39 is 0 Å². The molecule has 1 heterocycles. The number of amides is 1. The van der Waals surface area contributed by atoms with E-state index in [4.69, 9.17) is 5.73 Å². The lowest BCUT2D eigenvalue weighted by atomic mass is 10.00. The molecule has 1 atom stereocenters. The van der Waals surface area contributed by atoms with Crippen LogP contribution in [0.25, 0.3) is 0 Å². The summed E-state index contributed by atoms with van der Waals surface area (Å²) in [5, 5.41) is 11.1. The highest BCUT2D eigenvalue weighted by atomic mass is 16.1. The summed E-state index contributed by atoms with van der Waals surface area (Å²) in [5.74, 6) is 0.274. The number of rotatable bonds is 6. The van der Waals surface area contributed by atoms with Crippen LogP contribution in [0.4, 0.5) is 0 Å². The van der Waals surface area contributed by atoms with Gasteiger partial charge in [-0.1, -0.05) is 20.8 Å². The molecule has 0 saturated heterocycles. The Balaban J connectivity index is 2.90. The minimum Gasteiger partial charge on any atom is -0.349 e. The van der Waals surface area contributed by atoms with Crippen LogP contribution in [-0.2, 0) is 6.42 Å². The monoisotopic (exact) mass is 264 g/mol. The molecule has 5 nitrogen and oxygen atoms in total. The summed E-state index contributed by atoms with van der Waals surface area (Å²) in [5.41, 5.74) is 7.70. The summed E-state index contributed by atoms with van der Waals surface area (Å²) >= 11 is 0. The fourth-order valence-electron chi connectivity index (χ4n) is 1.97. The maximum atomic E-state index is 12.3. The molecule has 106 valence electrons. The standard InChI is InChI=1S/C14H24N4O/c1-5-12-11(8-10(4)17-18-12)14(19)16-13(6-7-15)9(2)3/h8-9,13H,5-7,15H2,1-4H3,(H,16,19). The van der Waals surface area contributed by atoms with E-state index in [1.807, 2.05) is 13.8 Å². The summed E-state index contributed by atoms with van der Waals surface area (Å²) < 4.78 is 0. The van der Waals surface area contributed by atoms with Gasteiger partial charge in [0.05, 0.1) is 17.0 Å². The number of nitrogens with zero attached hydrogens (tertiary/aromatic N) is 2. The number of hydrogen-bond acceptors (Lipinski definition) is 4. The molecule has 1 aromatic heterocycles. The molecule has 1 rings (SSSR count). The molecule has 5 heteroatoms. The topological polar surface area (TPSA) is 80.9 Å². The van der Waals surface area contributed by atoms with Crippen molar-refractivity contribution < 1.29 is 4.79 Å². The second-order valence-corrected chi connectivity index (χ2v) is 5.10. The smallest absolute Gasteiger partial charge is 0.253 e. The van der Waals surface area contributed by atoms with Crippen molar-refractivity contribution in [3.05, 3.63) is 23.0 Å². The van der Waals surface area contributed by atoms with Crippen molar-refractivity contribution in [3.63, 3.8) is 0 Å². The van der Waals surface area contributed by atoms with Crippen molar-refractivity contribution in [3.8, 4) is 0 Å². The Bertz CT molecular complexity index is 431. The van der Waals surface area contributed by atoms with Crippen LogP contribution in [0.5, 0.6) is 0 Å². The Morgan fingerprint density at radius 1 is 1.42 bits per heavy atom. The average Bonchev–Trinajstić information content (AvgIpc) is 2.37. The largest absolute Gasteiger partial charge is 0.349 e. The minimum absolute atomic E-state index is 0.0815. The summed E-state index contributed by atoms with van der Waals surface area (Å²) in [7, 11) is 0. The van der Waals surface area contributed by atoms with Gasteiger partial charge >= 0.3 is 0 Å². The first kappa shape index (κ1) is 15.6. The van der Waals surface area contributed by atoms with Crippen LogP contribution >= 0.6 is 0 Å². The molecular formula is C14H24N4O. The molecule has 0 aliphatic rings. The fraction of sp³-hybridized carbons (Fsp3) is 0.643. The van der Waals surface area contributed by atoms with Gasteiger partial charge in [0.1, 0.15) is 0 Å². The van der Waals surface area contributed by atoms with Crippen LogP contribution in [-0.4, -0.2) is 28.7 Å². The van der Waals surface area contributed by atoms with Crippen molar-refractivity contribution in [2.75, 3.05) is 6.54 Å². The fourth-order valence-corrected chi connectivity index (χ4v) is 1.97. The summed E-state index contributed by atoms with van der Waals surface area (Å²) in [6, 6.07) is 1.89. The van der Waals surface area contributed by atoms with E-state index in [-0.39, 0.29) is 11.9 Å². The van der Waals surface area contributed by atoms with E-state index in [0.29, 0.717) is 24.4 Å². The Labute approximate surface area is 115 Å². The quantitative estimate of drug-likeness (QED) is 0.815. The lowest BCUT2D eigenvalue weighted by molar-refractivity contribution is 0.0922. The van der Waals surface area contributed by atoms with E-state index in [0.717, 1.165) is 17.8 Å². The number of nitrogens with one attached hydrogen (secondary N) is 1. The van der Waals surface area contributed by atoms with Gasteiger partial charge in [0.15, 0.2) is 0 Å². The molecule has 0 aromatic carbocycles. The first-order valence-electron chi connectivity index (χ1n) is 6.83. The molecule has 1 amide bonds. The van der Waals surface area contributed by atoms with Crippen molar-refractivity contribution >= 4 is 5.91 Å². The number of aryl methyl sites for hydroxylation is 2. The molecular weight excluding hydrogens is 240 g/mol. The van der Waals surface area contributed by atoms with E-state index >= 15 is 0 Å². The molecule has 19 heavy (non-hydrogen) atoms. The summed E-state index contributed by atoms with van der Waals surface area (Å²) in [6.07, 6.45) is 1.47. The van der Waals surface area contributed by atoms with E-state index in [1.165, 1.54) is 0 Å². The summed E-state index contributed by atoms with van der Waals surface area (Å²) in [4.78, 5) is 12.3. The Morgan fingerprint density at radius 3 is 2.63 bits per heavy atom. The Hall–Kier alpha value is -1.49. The molecule has 1 aromatic rings. The predicted molar refractivity (Wildman–Crippen MR) is 75.9 cm³/mol. The second kappa shape index (κ2) is 7.19.